The first-order valence-electron chi connectivity index (χ1n) is 9.61. The van der Waals surface area contributed by atoms with Crippen molar-refractivity contribution in [3.8, 4) is 0 Å². The SMILES string of the molecule is CSCCC(NC(=O)c1ccc(Cl)cc1Cl)C(=O)NCCC1CCN(C)CC1. The summed E-state index contributed by atoms with van der Waals surface area (Å²) in [5.41, 5.74) is 0.319. The quantitative estimate of drug-likeness (QED) is 0.608. The van der Waals surface area contributed by atoms with Gasteiger partial charge in [0.05, 0.1) is 10.6 Å². The molecule has 0 bridgehead atoms. The van der Waals surface area contributed by atoms with Crippen LogP contribution in [0.5, 0.6) is 0 Å². The Morgan fingerprint density at radius 3 is 2.64 bits per heavy atom. The lowest BCUT2D eigenvalue weighted by atomic mass is 9.94. The standard InChI is InChI=1S/C20H29Cl2N3O2S/c1-25-10-6-14(7-11-25)5-9-23-20(27)18(8-12-28-2)24-19(26)16-4-3-15(21)13-17(16)22/h3-4,13-14,18H,5-12H2,1-2H3,(H,23,27)(H,24,26). The van der Waals surface area contributed by atoms with Crippen molar-refractivity contribution in [1.82, 2.24) is 15.5 Å². The molecule has 28 heavy (non-hydrogen) atoms. The molecule has 2 N–H and O–H groups in total. The Morgan fingerprint density at radius 1 is 1.29 bits per heavy atom. The smallest absolute Gasteiger partial charge is 0.253 e. The summed E-state index contributed by atoms with van der Waals surface area (Å²) in [6, 6.07) is 4.13. The van der Waals surface area contributed by atoms with Crippen LogP contribution in [0.15, 0.2) is 18.2 Å². The van der Waals surface area contributed by atoms with Crippen LogP contribution in [0.2, 0.25) is 10.0 Å². The average molecular weight is 446 g/mol. The van der Waals surface area contributed by atoms with Crippen LogP contribution >= 0.6 is 35.0 Å². The second kappa shape index (κ2) is 11.9. The van der Waals surface area contributed by atoms with Crippen molar-refractivity contribution in [2.75, 3.05) is 38.7 Å². The first-order valence-corrected chi connectivity index (χ1v) is 11.8. The zero-order valence-electron chi connectivity index (χ0n) is 16.5. The van der Waals surface area contributed by atoms with Gasteiger partial charge in [-0.05, 0) is 81.9 Å². The van der Waals surface area contributed by atoms with Crippen molar-refractivity contribution >= 4 is 46.8 Å². The fraction of sp³-hybridized carbons (Fsp3) is 0.600. The van der Waals surface area contributed by atoms with Crippen LogP contribution in [0.1, 0.15) is 36.0 Å². The van der Waals surface area contributed by atoms with Gasteiger partial charge < -0.3 is 15.5 Å². The summed E-state index contributed by atoms with van der Waals surface area (Å²) in [7, 11) is 2.14. The van der Waals surface area contributed by atoms with E-state index in [9.17, 15) is 9.59 Å². The summed E-state index contributed by atoms with van der Waals surface area (Å²) in [5.74, 6) is 0.934. The Morgan fingerprint density at radius 2 is 2.00 bits per heavy atom. The van der Waals surface area contributed by atoms with Gasteiger partial charge >= 0.3 is 0 Å². The number of likely N-dealkylation sites (tertiary alicyclic amines) is 1. The number of nitrogens with one attached hydrogen (secondary N) is 2. The minimum absolute atomic E-state index is 0.139. The molecule has 0 aromatic heterocycles. The number of carbonyl (C=O) groups excluding carboxylic acids is 2. The molecule has 1 aromatic carbocycles. The topological polar surface area (TPSA) is 61.4 Å². The van der Waals surface area contributed by atoms with Gasteiger partial charge in [0.2, 0.25) is 5.91 Å². The molecular weight excluding hydrogens is 417 g/mol. The molecule has 1 aliphatic rings. The summed E-state index contributed by atoms with van der Waals surface area (Å²) in [4.78, 5) is 27.6. The second-order valence-corrected chi connectivity index (χ2v) is 9.09. The van der Waals surface area contributed by atoms with Crippen LogP contribution in [-0.2, 0) is 4.79 Å². The summed E-state index contributed by atoms with van der Waals surface area (Å²) in [6.07, 6.45) is 5.87. The number of hydrogen-bond donors (Lipinski definition) is 2. The molecule has 1 aromatic rings. The van der Waals surface area contributed by atoms with E-state index in [1.165, 1.54) is 18.9 Å². The van der Waals surface area contributed by atoms with Gasteiger partial charge in [-0.3, -0.25) is 9.59 Å². The van der Waals surface area contributed by atoms with E-state index in [4.69, 9.17) is 23.2 Å². The molecule has 1 fully saturated rings. The minimum Gasteiger partial charge on any atom is -0.354 e. The monoisotopic (exact) mass is 445 g/mol. The molecule has 2 rings (SSSR count). The number of halogens is 2. The highest BCUT2D eigenvalue weighted by Gasteiger charge is 2.23. The first kappa shape index (κ1) is 23.3. The highest BCUT2D eigenvalue weighted by molar-refractivity contribution is 7.98. The number of piperidine rings is 1. The van der Waals surface area contributed by atoms with Crippen molar-refractivity contribution in [2.24, 2.45) is 5.92 Å². The van der Waals surface area contributed by atoms with Crippen LogP contribution in [-0.4, -0.2) is 61.4 Å². The molecule has 1 aliphatic heterocycles. The van der Waals surface area contributed by atoms with Crippen LogP contribution in [0.3, 0.4) is 0 Å². The molecule has 0 saturated carbocycles. The van der Waals surface area contributed by atoms with E-state index < -0.39 is 6.04 Å². The molecule has 1 saturated heterocycles. The molecule has 1 atom stereocenters. The van der Waals surface area contributed by atoms with Gasteiger partial charge in [0.25, 0.3) is 5.91 Å². The van der Waals surface area contributed by atoms with Crippen LogP contribution in [0.25, 0.3) is 0 Å². The fourth-order valence-corrected chi connectivity index (χ4v) is 4.25. The molecule has 5 nitrogen and oxygen atoms in total. The highest BCUT2D eigenvalue weighted by Crippen LogP contribution is 2.21. The summed E-state index contributed by atoms with van der Waals surface area (Å²) >= 11 is 13.7. The Balaban J connectivity index is 1.88. The maximum absolute atomic E-state index is 12.7. The van der Waals surface area contributed by atoms with Gasteiger partial charge in [-0.15, -0.1) is 0 Å². The lowest BCUT2D eigenvalue weighted by molar-refractivity contribution is -0.123. The number of thioether (sulfide) groups is 1. The molecule has 2 amide bonds. The van der Waals surface area contributed by atoms with Gasteiger partial charge in [0, 0.05) is 11.6 Å². The molecule has 156 valence electrons. The molecule has 1 heterocycles. The second-order valence-electron chi connectivity index (χ2n) is 7.26. The Labute approximate surface area is 181 Å². The third kappa shape index (κ3) is 7.47. The summed E-state index contributed by atoms with van der Waals surface area (Å²) in [5, 5.41) is 6.56. The van der Waals surface area contributed by atoms with E-state index in [0.717, 1.165) is 25.3 Å². The number of benzene rings is 1. The molecule has 1 unspecified atom stereocenters. The van der Waals surface area contributed by atoms with Gasteiger partial charge in [-0.25, -0.2) is 0 Å². The van der Waals surface area contributed by atoms with E-state index in [-0.39, 0.29) is 16.8 Å². The van der Waals surface area contributed by atoms with E-state index in [2.05, 4.69) is 22.6 Å². The van der Waals surface area contributed by atoms with Gasteiger partial charge in [0.15, 0.2) is 0 Å². The molecule has 0 aliphatic carbocycles. The molecular formula is C20H29Cl2N3O2S. The van der Waals surface area contributed by atoms with Crippen molar-refractivity contribution < 1.29 is 9.59 Å². The first-order chi connectivity index (χ1) is 13.4. The maximum atomic E-state index is 12.7. The Bertz CT molecular complexity index is 667. The third-order valence-corrected chi connectivity index (χ3v) is 6.29. The van der Waals surface area contributed by atoms with Crippen LogP contribution in [0, 0.1) is 5.92 Å². The van der Waals surface area contributed by atoms with E-state index >= 15 is 0 Å². The van der Waals surface area contributed by atoms with Crippen molar-refractivity contribution in [3.05, 3.63) is 33.8 Å². The zero-order valence-corrected chi connectivity index (χ0v) is 18.8. The summed E-state index contributed by atoms with van der Waals surface area (Å²) in [6.45, 7) is 2.88. The highest BCUT2D eigenvalue weighted by atomic mass is 35.5. The average Bonchev–Trinajstić information content (AvgIpc) is 2.66. The van der Waals surface area contributed by atoms with Gasteiger partial charge in [-0.1, -0.05) is 23.2 Å². The molecule has 0 radical (unpaired) electrons. The van der Waals surface area contributed by atoms with Crippen LogP contribution in [0.4, 0.5) is 0 Å². The maximum Gasteiger partial charge on any atom is 0.253 e. The number of nitrogens with zero attached hydrogens (tertiary/aromatic N) is 1. The van der Waals surface area contributed by atoms with Crippen molar-refractivity contribution in [2.45, 2.75) is 31.7 Å². The predicted molar refractivity (Wildman–Crippen MR) is 119 cm³/mol. The van der Waals surface area contributed by atoms with E-state index in [1.54, 1.807) is 23.9 Å². The lowest BCUT2D eigenvalue weighted by Gasteiger charge is -2.29. The fourth-order valence-electron chi connectivity index (χ4n) is 3.29. The van der Waals surface area contributed by atoms with Gasteiger partial charge in [0.1, 0.15) is 6.04 Å². The van der Waals surface area contributed by atoms with Crippen molar-refractivity contribution in [3.63, 3.8) is 0 Å². The third-order valence-electron chi connectivity index (χ3n) is 5.10. The van der Waals surface area contributed by atoms with E-state index in [1.807, 2.05) is 6.26 Å². The molecule has 0 spiro atoms. The Kier molecular flexibility index (Phi) is 9.92. The van der Waals surface area contributed by atoms with Crippen LogP contribution < -0.4 is 10.6 Å². The minimum atomic E-state index is -0.579. The number of amides is 2. The number of rotatable bonds is 9. The molecule has 8 heteroatoms. The van der Waals surface area contributed by atoms with Crippen molar-refractivity contribution in [1.29, 1.82) is 0 Å². The van der Waals surface area contributed by atoms with Gasteiger partial charge in [-0.2, -0.15) is 11.8 Å². The van der Waals surface area contributed by atoms with E-state index in [0.29, 0.717) is 29.5 Å². The normalized spacial score (nSPS) is 16.6. The summed E-state index contributed by atoms with van der Waals surface area (Å²) < 4.78 is 0. The zero-order chi connectivity index (χ0) is 20.5. The largest absolute Gasteiger partial charge is 0.354 e. The Hall–Kier alpha value is -0.950. The lowest BCUT2D eigenvalue weighted by Crippen LogP contribution is -2.47. The predicted octanol–water partition coefficient (Wildman–Crippen LogP) is 3.69. The number of carbonyl (C=O) groups is 2. The number of hydrogen-bond acceptors (Lipinski definition) is 4.